The molecule has 3 atom stereocenters. The molecule has 3 N–H and O–H groups in total. The number of ether oxygens (including phenoxy) is 1. The summed E-state index contributed by atoms with van der Waals surface area (Å²) in [6.45, 7) is 0.903. The zero-order chi connectivity index (χ0) is 20.6. The second kappa shape index (κ2) is 7.55. The zero-order valence-corrected chi connectivity index (χ0v) is 15.2. The summed E-state index contributed by atoms with van der Waals surface area (Å²) in [5.74, 6) is -4.57. The van der Waals surface area contributed by atoms with Gasteiger partial charge in [-0.3, -0.25) is 9.36 Å². The summed E-state index contributed by atoms with van der Waals surface area (Å²) in [4.78, 5) is 28.0. The van der Waals surface area contributed by atoms with Crippen LogP contribution in [0.15, 0.2) is 35.3 Å². The minimum absolute atomic E-state index is 0.163. The zero-order valence-electron chi connectivity index (χ0n) is 14.5. The van der Waals surface area contributed by atoms with Gasteiger partial charge < -0.3 is 20.3 Å². The van der Waals surface area contributed by atoms with Gasteiger partial charge in [0.1, 0.15) is 11.9 Å². The standard InChI is InChI=1S/C17H16ClF2N3O5/c1-8-4-9(6-10(18)5-8)14(26)21-12-2-3-23(16(27)22-12)15-17(19,20)13(25)11(7-24)28-15/h2-6,11,13,15,24-25H,7H2,1H3,(H,21,22,26,27)/t11-,13-,15-/m1/s1. The van der Waals surface area contributed by atoms with Gasteiger partial charge >= 0.3 is 11.6 Å². The molecule has 1 amide bonds. The molecule has 28 heavy (non-hydrogen) atoms. The van der Waals surface area contributed by atoms with Gasteiger partial charge in [0.2, 0.25) is 6.23 Å². The average Bonchev–Trinajstić information content (AvgIpc) is 2.84. The average molecular weight is 416 g/mol. The van der Waals surface area contributed by atoms with Crippen LogP contribution in [0, 0.1) is 6.92 Å². The molecule has 1 aliphatic rings. The number of aliphatic hydroxyl groups is 2. The molecule has 1 aliphatic heterocycles. The van der Waals surface area contributed by atoms with Gasteiger partial charge in [-0.25, -0.2) is 4.79 Å². The van der Waals surface area contributed by atoms with Crippen LogP contribution in [0.1, 0.15) is 22.1 Å². The molecule has 2 heterocycles. The maximum Gasteiger partial charge on any atom is 0.351 e. The van der Waals surface area contributed by atoms with Crippen molar-refractivity contribution >= 4 is 23.3 Å². The van der Waals surface area contributed by atoms with Crippen LogP contribution in [0.4, 0.5) is 14.6 Å². The molecule has 1 fully saturated rings. The van der Waals surface area contributed by atoms with Gasteiger partial charge in [0, 0.05) is 16.8 Å². The van der Waals surface area contributed by atoms with Crippen molar-refractivity contribution in [3.05, 3.63) is 57.1 Å². The lowest BCUT2D eigenvalue weighted by atomic mass is 10.1. The third kappa shape index (κ3) is 3.76. The largest absolute Gasteiger partial charge is 0.394 e. The first-order valence-electron chi connectivity index (χ1n) is 8.13. The SMILES string of the molecule is Cc1cc(Cl)cc(C(=O)Nc2ccn([C@@H]3O[C@H](CO)[C@@H](O)C3(F)F)c(=O)n2)c1. The fraction of sp³-hybridized carbons (Fsp3) is 0.353. The Morgan fingerprint density at radius 3 is 2.71 bits per heavy atom. The smallest absolute Gasteiger partial charge is 0.351 e. The maximum atomic E-state index is 14.2. The quantitative estimate of drug-likeness (QED) is 0.694. The number of alkyl halides is 2. The maximum absolute atomic E-state index is 14.2. The molecule has 3 rings (SSSR count). The number of aryl methyl sites for hydroxylation is 1. The van der Waals surface area contributed by atoms with Gasteiger partial charge in [-0.15, -0.1) is 0 Å². The molecular formula is C17H16ClF2N3O5. The van der Waals surface area contributed by atoms with Gasteiger partial charge in [0.15, 0.2) is 6.10 Å². The Labute approximate surface area is 162 Å². The molecule has 0 spiro atoms. The lowest BCUT2D eigenvalue weighted by Crippen LogP contribution is -2.41. The third-order valence-electron chi connectivity index (χ3n) is 4.19. The summed E-state index contributed by atoms with van der Waals surface area (Å²) < 4.78 is 33.7. The Bertz CT molecular complexity index is 948. The number of rotatable bonds is 4. The molecule has 150 valence electrons. The molecule has 1 aromatic heterocycles. The first-order valence-corrected chi connectivity index (χ1v) is 8.51. The summed E-state index contributed by atoms with van der Waals surface area (Å²) in [6.07, 6.45) is -5.00. The number of halogens is 3. The summed E-state index contributed by atoms with van der Waals surface area (Å²) >= 11 is 5.91. The number of anilines is 1. The summed E-state index contributed by atoms with van der Waals surface area (Å²) in [5.41, 5.74) is -0.148. The predicted molar refractivity (Wildman–Crippen MR) is 94.6 cm³/mol. The van der Waals surface area contributed by atoms with E-state index in [1.54, 1.807) is 19.1 Å². The molecule has 1 aromatic carbocycles. The highest BCUT2D eigenvalue weighted by molar-refractivity contribution is 6.31. The van der Waals surface area contributed by atoms with E-state index in [1.807, 2.05) is 0 Å². The molecule has 1 saturated heterocycles. The number of aromatic nitrogens is 2. The number of benzene rings is 1. The first-order chi connectivity index (χ1) is 13.1. The third-order valence-corrected chi connectivity index (χ3v) is 4.41. The summed E-state index contributed by atoms with van der Waals surface area (Å²) in [5, 5.41) is 21.3. The molecule has 0 radical (unpaired) electrons. The Hall–Kier alpha value is -2.40. The van der Waals surface area contributed by atoms with Crippen LogP contribution < -0.4 is 11.0 Å². The molecule has 0 aliphatic carbocycles. The van der Waals surface area contributed by atoms with Crippen LogP contribution in [-0.2, 0) is 4.74 Å². The van der Waals surface area contributed by atoms with Crippen LogP contribution >= 0.6 is 11.6 Å². The normalized spacial score (nSPS) is 23.6. The topological polar surface area (TPSA) is 114 Å². The second-order valence-corrected chi connectivity index (χ2v) is 6.74. The van der Waals surface area contributed by atoms with Crippen LogP contribution in [0.5, 0.6) is 0 Å². The van der Waals surface area contributed by atoms with E-state index in [2.05, 4.69) is 10.3 Å². The van der Waals surface area contributed by atoms with Crippen molar-refractivity contribution in [1.82, 2.24) is 9.55 Å². The fourth-order valence-corrected chi connectivity index (χ4v) is 3.12. The number of carbonyl (C=O) groups excluding carboxylic acids is 1. The monoisotopic (exact) mass is 415 g/mol. The number of aliphatic hydroxyl groups excluding tert-OH is 2. The van der Waals surface area contributed by atoms with Crippen LogP contribution in [0.2, 0.25) is 5.02 Å². The van der Waals surface area contributed by atoms with E-state index in [-0.39, 0.29) is 11.4 Å². The van der Waals surface area contributed by atoms with Crippen molar-refractivity contribution in [3.8, 4) is 0 Å². The van der Waals surface area contributed by atoms with Crippen molar-refractivity contribution in [3.63, 3.8) is 0 Å². The van der Waals surface area contributed by atoms with Crippen molar-refractivity contribution < 1.29 is 28.5 Å². The number of carbonyl (C=O) groups is 1. The highest BCUT2D eigenvalue weighted by Crippen LogP contribution is 2.41. The van der Waals surface area contributed by atoms with Gasteiger partial charge in [-0.05, 0) is 36.8 Å². The Kier molecular flexibility index (Phi) is 5.48. The number of nitrogens with one attached hydrogen (secondary N) is 1. The lowest BCUT2D eigenvalue weighted by Gasteiger charge is -2.21. The van der Waals surface area contributed by atoms with E-state index >= 15 is 0 Å². The van der Waals surface area contributed by atoms with Crippen LogP contribution in [-0.4, -0.2) is 50.4 Å². The van der Waals surface area contributed by atoms with E-state index in [0.717, 1.165) is 17.8 Å². The van der Waals surface area contributed by atoms with Crippen molar-refractivity contribution in [2.45, 2.75) is 31.3 Å². The Morgan fingerprint density at radius 2 is 2.14 bits per heavy atom. The Morgan fingerprint density at radius 1 is 1.43 bits per heavy atom. The van der Waals surface area contributed by atoms with Crippen molar-refractivity contribution in [2.75, 3.05) is 11.9 Å². The number of nitrogens with zero attached hydrogens (tertiary/aromatic N) is 2. The van der Waals surface area contributed by atoms with Crippen LogP contribution in [0.25, 0.3) is 0 Å². The molecule has 0 bridgehead atoms. The minimum Gasteiger partial charge on any atom is -0.394 e. The van der Waals surface area contributed by atoms with E-state index < -0.39 is 42.6 Å². The van der Waals surface area contributed by atoms with E-state index in [9.17, 15) is 23.5 Å². The van der Waals surface area contributed by atoms with Gasteiger partial charge in [0.05, 0.1) is 6.61 Å². The summed E-state index contributed by atoms with van der Waals surface area (Å²) in [7, 11) is 0. The van der Waals surface area contributed by atoms with Gasteiger partial charge in [-0.1, -0.05) is 11.6 Å². The van der Waals surface area contributed by atoms with Crippen molar-refractivity contribution in [2.24, 2.45) is 0 Å². The number of hydrogen-bond donors (Lipinski definition) is 3. The molecule has 8 nitrogen and oxygen atoms in total. The number of amides is 1. The first kappa shape index (κ1) is 20.3. The Balaban J connectivity index is 1.83. The molecule has 0 saturated carbocycles. The fourth-order valence-electron chi connectivity index (χ4n) is 2.84. The number of hydrogen-bond acceptors (Lipinski definition) is 6. The summed E-state index contributed by atoms with van der Waals surface area (Å²) in [6, 6.07) is 5.79. The highest BCUT2D eigenvalue weighted by atomic mass is 35.5. The molecule has 2 aromatic rings. The van der Waals surface area contributed by atoms with Gasteiger partial charge in [-0.2, -0.15) is 13.8 Å². The van der Waals surface area contributed by atoms with E-state index in [0.29, 0.717) is 9.59 Å². The predicted octanol–water partition coefficient (Wildman–Crippen LogP) is 1.34. The molecule has 0 unspecified atom stereocenters. The van der Waals surface area contributed by atoms with Crippen molar-refractivity contribution in [1.29, 1.82) is 0 Å². The lowest BCUT2D eigenvalue weighted by molar-refractivity contribution is -0.140. The molecule has 11 heteroatoms. The highest BCUT2D eigenvalue weighted by Gasteiger charge is 2.59. The molecular weight excluding hydrogens is 400 g/mol. The van der Waals surface area contributed by atoms with E-state index in [4.69, 9.17) is 21.4 Å². The van der Waals surface area contributed by atoms with Crippen LogP contribution in [0.3, 0.4) is 0 Å². The second-order valence-electron chi connectivity index (χ2n) is 6.30. The minimum atomic E-state index is -3.82. The van der Waals surface area contributed by atoms with Gasteiger partial charge in [0.25, 0.3) is 5.91 Å². The van der Waals surface area contributed by atoms with E-state index in [1.165, 1.54) is 6.07 Å².